The number of rotatable bonds is 1. The number of aromatic amines is 1. The van der Waals surface area contributed by atoms with Crippen LogP contribution in [0.2, 0.25) is 0 Å². The monoisotopic (exact) mass is 294 g/mol. The molecule has 4 rings (SSSR count). The summed E-state index contributed by atoms with van der Waals surface area (Å²) < 4.78 is 0. The molecule has 3 heteroatoms. The van der Waals surface area contributed by atoms with Crippen molar-refractivity contribution in [1.29, 1.82) is 0 Å². The third-order valence-corrected chi connectivity index (χ3v) is 5.24. The van der Waals surface area contributed by atoms with Crippen molar-refractivity contribution < 1.29 is 4.79 Å². The number of hydrogen-bond donors (Lipinski definition) is 1. The van der Waals surface area contributed by atoms with E-state index in [1.54, 1.807) is 0 Å². The number of fused-ring (bicyclic) bond motifs is 3. The van der Waals surface area contributed by atoms with Crippen molar-refractivity contribution >= 4 is 16.8 Å². The first kappa shape index (κ1) is 13.6. The Bertz CT molecular complexity index is 743. The van der Waals surface area contributed by atoms with Gasteiger partial charge in [0.1, 0.15) is 0 Å². The molecule has 0 fully saturated rings. The highest BCUT2D eigenvalue weighted by Gasteiger charge is 2.33. The Kier molecular flexibility index (Phi) is 3.29. The van der Waals surface area contributed by atoms with E-state index in [-0.39, 0.29) is 12.0 Å². The standard InChI is InChI=1S/C19H22N2O/c1-13-18-16(15-9-5-6-10-17(15)20-18)11-12-21(13)19(22)14-7-3-2-4-8-14/h2-3,5-6,9-10,13-14,20H,4,7-8,11-12H2,1H3/t13-,14-/m1/s1. The lowest BCUT2D eigenvalue weighted by molar-refractivity contribution is -0.138. The van der Waals surface area contributed by atoms with E-state index in [4.69, 9.17) is 0 Å². The molecule has 1 amide bonds. The van der Waals surface area contributed by atoms with Crippen LogP contribution >= 0.6 is 0 Å². The Balaban J connectivity index is 1.65. The van der Waals surface area contributed by atoms with Gasteiger partial charge in [-0.15, -0.1) is 0 Å². The number of para-hydroxylation sites is 1. The first-order valence-corrected chi connectivity index (χ1v) is 8.30. The van der Waals surface area contributed by atoms with Crippen LogP contribution in [0.1, 0.15) is 43.5 Å². The first-order valence-electron chi connectivity index (χ1n) is 8.30. The van der Waals surface area contributed by atoms with Crippen LogP contribution in [0.25, 0.3) is 10.9 Å². The fourth-order valence-corrected chi connectivity index (χ4v) is 3.98. The minimum atomic E-state index is 0.148. The Morgan fingerprint density at radius 2 is 2.14 bits per heavy atom. The number of nitrogens with one attached hydrogen (secondary N) is 1. The van der Waals surface area contributed by atoms with Gasteiger partial charge in [0.2, 0.25) is 5.91 Å². The number of carbonyl (C=O) groups is 1. The summed E-state index contributed by atoms with van der Waals surface area (Å²) in [7, 11) is 0. The fourth-order valence-electron chi connectivity index (χ4n) is 3.98. The zero-order chi connectivity index (χ0) is 15.1. The maximum atomic E-state index is 12.9. The summed E-state index contributed by atoms with van der Waals surface area (Å²) in [4.78, 5) is 18.5. The molecule has 0 radical (unpaired) electrons. The summed E-state index contributed by atoms with van der Waals surface area (Å²) in [6, 6.07) is 8.60. The van der Waals surface area contributed by atoms with Gasteiger partial charge < -0.3 is 9.88 Å². The van der Waals surface area contributed by atoms with Crippen molar-refractivity contribution in [3.05, 3.63) is 47.7 Å². The highest BCUT2D eigenvalue weighted by molar-refractivity contribution is 5.86. The number of allylic oxidation sites excluding steroid dienone is 2. The van der Waals surface area contributed by atoms with E-state index in [9.17, 15) is 4.79 Å². The third-order valence-electron chi connectivity index (χ3n) is 5.24. The van der Waals surface area contributed by atoms with E-state index < -0.39 is 0 Å². The van der Waals surface area contributed by atoms with Crippen LogP contribution < -0.4 is 0 Å². The number of carbonyl (C=O) groups excluding carboxylic acids is 1. The van der Waals surface area contributed by atoms with Crippen molar-refractivity contribution in [1.82, 2.24) is 9.88 Å². The molecule has 3 nitrogen and oxygen atoms in total. The van der Waals surface area contributed by atoms with E-state index in [0.717, 1.165) is 32.2 Å². The molecule has 1 aromatic carbocycles. The predicted octanol–water partition coefficient (Wildman–Crippen LogP) is 3.97. The van der Waals surface area contributed by atoms with Crippen LogP contribution in [0.15, 0.2) is 36.4 Å². The molecule has 2 aromatic rings. The number of hydrogen-bond acceptors (Lipinski definition) is 1. The maximum Gasteiger partial charge on any atom is 0.226 e. The van der Waals surface area contributed by atoms with Crippen LogP contribution in [0, 0.1) is 5.92 Å². The van der Waals surface area contributed by atoms with Crippen LogP contribution in [0.4, 0.5) is 0 Å². The zero-order valence-electron chi connectivity index (χ0n) is 13.0. The smallest absolute Gasteiger partial charge is 0.226 e. The molecule has 0 saturated heterocycles. The van der Waals surface area contributed by atoms with Gasteiger partial charge in [0.15, 0.2) is 0 Å². The van der Waals surface area contributed by atoms with E-state index >= 15 is 0 Å². The lowest BCUT2D eigenvalue weighted by Crippen LogP contribution is -2.42. The van der Waals surface area contributed by atoms with E-state index in [1.165, 1.54) is 22.2 Å². The Hall–Kier alpha value is -2.03. The highest BCUT2D eigenvalue weighted by atomic mass is 16.2. The van der Waals surface area contributed by atoms with Gasteiger partial charge in [0, 0.05) is 29.1 Å². The molecule has 1 aliphatic heterocycles. The fraction of sp³-hybridized carbons (Fsp3) is 0.421. The molecule has 2 aliphatic rings. The molecule has 0 unspecified atom stereocenters. The Morgan fingerprint density at radius 3 is 2.95 bits per heavy atom. The lowest BCUT2D eigenvalue weighted by Gasteiger charge is -2.36. The number of amides is 1. The largest absolute Gasteiger partial charge is 0.356 e. The second-order valence-electron chi connectivity index (χ2n) is 6.50. The average molecular weight is 294 g/mol. The van der Waals surface area contributed by atoms with Gasteiger partial charge in [0.25, 0.3) is 0 Å². The Labute approximate surface area is 131 Å². The Morgan fingerprint density at radius 1 is 1.27 bits per heavy atom. The summed E-state index contributed by atoms with van der Waals surface area (Å²) in [6.45, 7) is 3.00. The van der Waals surface area contributed by atoms with Gasteiger partial charge in [-0.25, -0.2) is 0 Å². The number of H-pyrrole nitrogens is 1. The van der Waals surface area contributed by atoms with Gasteiger partial charge in [-0.05, 0) is 44.2 Å². The third kappa shape index (κ3) is 2.07. The van der Waals surface area contributed by atoms with Gasteiger partial charge in [-0.3, -0.25) is 4.79 Å². The van der Waals surface area contributed by atoms with Gasteiger partial charge in [-0.1, -0.05) is 30.4 Å². The summed E-state index contributed by atoms with van der Waals surface area (Å²) in [5.41, 5.74) is 3.82. The van der Waals surface area contributed by atoms with Crippen LogP contribution in [0.5, 0.6) is 0 Å². The summed E-state index contributed by atoms with van der Waals surface area (Å²) >= 11 is 0. The molecule has 1 aromatic heterocycles. The molecule has 2 atom stereocenters. The molecule has 22 heavy (non-hydrogen) atoms. The van der Waals surface area contributed by atoms with Crippen molar-refractivity contribution in [2.45, 2.75) is 38.6 Å². The van der Waals surface area contributed by atoms with Crippen LogP contribution in [0.3, 0.4) is 0 Å². The molecule has 1 N–H and O–H groups in total. The van der Waals surface area contributed by atoms with Crippen molar-refractivity contribution in [3.63, 3.8) is 0 Å². The summed E-state index contributed by atoms with van der Waals surface area (Å²) in [5, 5.41) is 1.32. The first-order chi connectivity index (χ1) is 10.8. The van der Waals surface area contributed by atoms with Crippen molar-refractivity contribution in [2.75, 3.05) is 6.54 Å². The second-order valence-corrected chi connectivity index (χ2v) is 6.50. The van der Waals surface area contributed by atoms with Crippen LogP contribution in [-0.2, 0) is 11.2 Å². The molecule has 0 bridgehead atoms. The van der Waals surface area contributed by atoms with E-state index in [2.05, 4.69) is 53.2 Å². The van der Waals surface area contributed by atoms with E-state index in [1.807, 2.05) is 0 Å². The van der Waals surface area contributed by atoms with Gasteiger partial charge >= 0.3 is 0 Å². The molecular formula is C19H22N2O. The highest BCUT2D eigenvalue weighted by Crippen LogP contribution is 2.35. The molecular weight excluding hydrogens is 272 g/mol. The summed E-state index contributed by atoms with van der Waals surface area (Å²) in [6.07, 6.45) is 8.25. The minimum absolute atomic E-state index is 0.148. The normalized spacial score (nSPS) is 24.5. The average Bonchev–Trinajstić information content (AvgIpc) is 2.95. The van der Waals surface area contributed by atoms with Gasteiger partial charge in [-0.2, -0.15) is 0 Å². The number of nitrogens with zero attached hydrogens (tertiary/aromatic N) is 1. The second kappa shape index (κ2) is 5.31. The number of aromatic nitrogens is 1. The molecule has 0 spiro atoms. The molecule has 0 saturated carbocycles. The molecule has 1 aliphatic carbocycles. The topological polar surface area (TPSA) is 36.1 Å². The minimum Gasteiger partial charge on any atom is -0.356 e. The summed E-state index contributed by atoms with van der Waals surface area (Å²) in [5.74, 6) is 0.513. The van der Waals surface area contributed by atoms with Crippen molar-refractivity contribution in [2.24, 2.45) is 5.92 Å². The van der Waals surface area contributed by atoms with Crippen molar-refractivity contribution in [3.8, 4) is 0 Å². The predicted molar refractivity (Wildman–Crippen MR) is 88.6 cm³/mol. The molecule has 114 valence electrons. The lowest BCUT2D eigenvalue weighted by atomic mass is 9.90. The SMILES string of the molecule is C[C@@H]1c2[nH]c3ccccc3c2CCN1C(=O)[C@@H]1CC=CCC1. The maximum absolute atomic E-state index is 12.9. The quantitative estimate of drug-likeness (QED) is 0.794. The number of benzene rings is 1. The van der Waals surface area contributed by atoms with E-state index in [0.29, 0.717) is 5.91 Å². The zero-order valence-corrected chi connectivity index (χ0v) is 13.0. The molecule has 2 heterocycles. The van der Waals surface area contributed by atoms with Crippen LogP contribution in [-0.4, -0.2) is 22.3 Å². The van der Waals surface area contributed by atoms with Gasteiger partial charge in [0.05, 0.1) is 6.04 Å².